The van der Waals surface area contributed by atoms with E-state index in [2.05, 4.69) is 10.6 Å². The number of aryl methyl sites for hydroxylation is 1. The number of phenols is 1. The molecule has 0 spiro atoms. The second kappa shape index (κ2) is 9.02. The van der Waals surface area contributed by atoms with Gasteiger partial charge in [0.05, 0.1) is 17.6 Å². The number of primary amides is 1. The number of ether oxygens (including phenoxy) is 1. The summed E-state index contributed by atoms with van der Waals surface area (Å²) in [5.74, 6) is -1.78. The molecule has 2 fully saturated rings. The van der Waals surface area contributed by atoms with Gasteiger partial charge in [0.1, 0.15) is 23.5 Å². The number of hydrogen-bond donors (Lipinski definition) is 7. The van der Waals surface area contributed by atoms with Gasteiger partial charge in [-0.1, -0.05) is 31.2 Å². The number of aliphatic hydroxyl groups is 2. The molecule has 9 N–H and O–H groups in total. The normalized spacial score (nSPS) is 32.1. The summed E-state index contributed by atoms with van der Waals surface area (Å²) in [6, 6.07) is 7.81. The van der Waals surface area contributed by atoms with Crippen LogP contribution in [0, 0.1) is 12.8 Å². The fourth-order valence-corrected chi connectivity index (χ4v) is 6.11. The lowest BCUT2D eigenvalue weighted by Gasteiger charge is -2.61. The Morgan fingerprint density at radius 3 is 2.43 bits per heavy atom. The van der Waals surface area contributed by atoms with Gasteiger partial charge in [0.2, 0.25) is 0 Å². The molecule has 2 aromatic rings. The minimum atomic E-state index is -2.21. The van der Waals surface area contributed by atoms with Crippen LogP contribution in [0.15, 0.2) is 42.5 Å². The number of benzene rings is 2. The minimum absolute atomic E-state index is 0.0241. The Hall–Kier alpha value is -3.67. The van der Waals surface area contributed by atoms with E-state index in [0.717, 1.165) is 0 Å². The van der Waals surface area contributed by atoms with Crippen LogP contribution in [0.25, 0.3) is 0 Å². The second-order valence-corrected chi connectivity index (χ2v) is 10.1. The van der Waals surface area contributed by atoms with E-state index in [1.807, 2.05) is 0 Å². The first-order valence-electron chi connectivity index (χ1n) is 11.9. The predicted octanol–water partition coefficient (Wildman–Crippen LogP) is 0.791. The third-order valence-corrected chi connectivity index (χ3v) is 7.98. The molecule has 0 aromatic heterocycles. The molecule has 198 valence electrons. The number of urea groups is 1. The SMILES string of the molecule is CC(=O)c1cccc(N[C@H]2[C@H](N)[C@@]3(NC(N)=O)[C@H](C)C[C@]3(O)[C@@]2(O)COC(=O)c2c(C)cccc2O)c1. The number of aromatic hydroxyl groups is 1. The van der Waals surface area contributed by atoms with Crippen molar-refractivity contribution in [1.82, 2.24) is 5.32 Å². The van der Waals surface area contributed by atoms with E-state index < -0.39 is 53.3 Å². The molecular formula is C26H32N4O7. The minimum Gasteiger partial charge on any atom is -0.507 e. The van der Waals surface area contributed by atoms with Gasteiger partial charge in [0, 0.05) is 11.3 Å². The Labute approximate surface area is 213 Å². The molecule has 11 heteroatoms. The number of ketones is 1. The van der Waals surface area contributed by atoms with E-state index in [0.29, 0.717) is 16.8 Å². The number of nitrogens with two attached hydrogens (primary N) is 2. The van der Waals surface area contributed by atoms with Crippen LogP contribution in [0.2, 0.25) is 0 Å². The number of Topliss-reactive ketones (excluding diaryl/α,β-unsaturated/α-hetero) is 1. The van der Waals surface area contributed by atoms with Crippen LogP contribution in [0.3, 0.4) is 0 Å². The fourth-order valence-electron chi connectivity index (χ4n) is 6.11. The summed E-state index contributed by atoms with van der Waals surface area (Å²) < 4.78 is 5.46. The molecule has 2 aliphatic rings. The molecule has 4 rings (SSSR count). The number of amides is 2. The van der Waals surface area contributed by atoms with E-state index >= 15 is 0 Å². The monoisotopic (exact) mass is 512 g/mol. The number of nitrogens with one attached hydrogen (secondary N) is 2. The smallest absolute Gasteiger partial charge is 0.342 e. The summed E-state index contributed by atoms with van der Waals surface area (Å²) in [7, 11) is 0. The molecule has 0 bridgehead atoms. The molecule has 0 radical (unpaired) electrons. The maximum atomic E-state index is 12.9. The number of esters is 1. The van der Waals surface area contributed by atoms with Crippen LogP contribution >= 0.6 is 0 Å². The lowest BCUT2D eigenvalue weighted by molar-refractivity contribution is -0.242. The Morgan fingerprint density at radius 2 is 1.84 bits per heavy atom. The highest BCUT2D eigenvalue weighted by molar-refractivity contribution is 5.95. The number of fused-ring (bicyclic) bond motifs is 1. The third-order valence-electron chi connectivity index (χ3n) is 7.98. The maximum absolute atomic E-state index is 12.9. The summed E-state index contributed by atoms with van der Waals surface area (Å²) in [5, 5.41) is 39.7. The molecule has 0 heterocycles. The Morgan fingerprint density at radius 1 is 1.16 bits per heavy atom. The zero-order valence-electron chi connectivity index (χ0n) is 20.8. The largest absolute Gasteiger partial charge is 0.507 e. The van der Waals surface area contributed by atoms with Crippen molar-refractivity contribution in [3.05, 3.63) is 59.2 Å². The quantitative estimate of drug-likeness (QED) is 0.207. The second-order valence-electron chi connectivity index (χ2n) is 10.1. The summed E-state index contributed by atoms with van der Waals surface area (Å²) >= 11 is 0. The highest BCUT2D eigenvalue weighted by Crippen LogP contribution is 2.61. The van der Waals surface area contributed by atoms with Crippen LogP contribution in [-0.2, 0) is 4.74 Å². The van der Waals surface area contributed by atoms with Gasteiger partial charge in [-0.25, -0.2) is 9.59 Å². The molecule has 2 aromatic carbocycles. The van der Waals surface area contributed by atoms with Crippen LogP contribution < -0.4 is 22.1 Å². The highest BCUT2D eigenvalue weighted by atomic mass is 16.5. The summed E-state index contributed by atoms with van der Waals surface area (Å²) in [6.07, 6.45) is 0.0241. The first kappa shape index (κ1) is 26.4. The molecule has 11 nitrogen and oxygen atoms in total. The van der Waals surface area contributed by atoms with Crippen molar-refractivity contribution >= 4 is 23.5 Å². The lowest BCUT2D eigenvalue weighted by Crippen LogP contribution is -2.83. The van der Waals surface area contributed by atoms with Crippen molar-refractivity contribution in [3.63, 3.8) is 0 Å². The summed E-state index contributed by atoms with van der Waals surface area (Å²) in [6.45, 7) is 4.06. The first-order chi connectivity index (χ1) is 17.3. The average Bonchev–Trinajstić information content (AvgIpc) is 2.92. The Bertz CT molecular complexity index is 1250. The van der Waals surface area contributed by atoms with Gasteiger partial charge in [-0.05, 0) is 49.9 Å². The van der Waals surface area contributed by atoms with Gasteiger partial charge >= 0.3 is 12.0 Å². The van der Waals surface area contributed by atoms with Crippen LogP contribution in [0.5, 0.6) is 5.75 Å². The van der Waals surface area contributed by atoms with E-state index in [4.69, 9.17) is 16.2 Å². The van der Waals surface area contributed by atoms with Crippen molar-refractivity contribution in [2.45, 2.75) is 56.0 Å². The van der Waals surface area contributed by atoms with Crippen molar-refractivity contribution in [1.29, 1.82) is 0 Å². The van der Waals surface area contributed by atoms with Gasteiger partial charge in [0.25, 0.3) is 0 Å². The molecule has 37 heavy (non-hydrogen) atoms. The van der Waals surface area contributed by atoms with Gasteiger partial charge in [0.15, 0.2) is 11.4 Å². The predicted molar refractivity (Wildman–Crippen MR) is 134 cm³/mol. The first-order valence-corrected chi connectivity index (χ1v) is 11.9. The topological polar surface area (TPSA) is 197 Å². The van der Waals surface area contributed by atoms with Crippen molar-refractivity contribution < 1.29 is 34.4 Å². The van der Waals surface area contributed by atoms with E-state index in [1.165, 1.54) is 13.0 Å². The Balaban J connectivity index is 1.74. The number of hydrogen-bond acceptors (Lipinski definition) is 9. The maximum Gasteiger partial charge on any atom is 0.342 e. The van der Waals surface area contributed by atoms with E-state index in [1.54, 1.807) is 50.2 Å². The zero-order valence-corrected chi connectivity index (χ0v) is 20.8. The number of anilines is 1. The van der Waals surface area contributed by atoms with Crippen molar-refractivity contribution in [2.24, 2.45) is 17.4 Å². The molecule has 6 atom stereocenters. The summed E-state index contributed by atoms with van der Waals surface area (Å²) in [4.78, 5) is 36.8. The number of carbonyl (C=O) groups is 3. The lowest BCUT2D eigenvalue weighted by atomic mass is 9.53. The fraction of sp³-hybridized carbons (Fsp3) is 0.423. The molecular weight excluding hydrogens is 480 g/mol. The molecule has 0 unspecified atom stereocenters. The third kappa shape index (κ3) is 3.81. The molecule has 0 saturated heterocycles. The highest BCUT2D eigenvalue weighted by Gasteiger charge is 2.83. The van der Waals surface area contributed by atoms with Crippen LogP contribution in [0.4, 0.5) is 10.5 Å². The molecule has 0 aliphatic heterocycles. The van der Waals surface area contributed by atoms with Crippen molar-refractivity contribution in [2.75, 3.05) is 11.9 Å². The molecule has 2 aliphatic carbocycles. The van der Waals surface area contributed by atoms with E-state index in [-0.39, 0.29) is 23.5 Å². The standard InChI is InChI=1S/C26H32N4O7/c1-13-6-4-9-18(32)19(13)22(33)37-12-24(35)21(29-17-8-5-7-16(10-17)15(3)31)20(27)26(30-23(28)34)14(2)11-25(24,26)36/h4-10,14,20-21,29,32,35-36H,11-12,27H2,1-3H3,(H3,28,30,34)/t14-,20+,21+,24-,25+,26+/m1/s1. The number of carbonyl (C=O) groups excluding carboxylic acids is 3. The van der Waals surface area contributed by atoms with Gasteiger partial charge in [-0.2, -0.15) is 0 Å². The molecule has 2 amide bonds. The molecule has 2 saturated carbocycles. The van der Waals surface area contributed by atoms with Crippen molar-refractivity contribution in [3.8, 4) is 5.75 Å². The number of phenolic OH excluding ortho intramolecular Hbond substituents is 1. The zero-order chi connectivity index (χ0) is 27.3. The Kier molecular flexibility index (Phi) is 6.43. The summed E-state index contributed by atoms with van der Waals surface area (Å²) in [5.41, 5.74) is 7.47. The average molecular weight is 513 g/mol. The van der Waals surface area contributed by atoms with Gasteiger partial charge < -0.3 is 42.2 Å². The van der Waals surface area contributed by atoms with Gasteiger partial charge in [-0.3, -0.25) is 4.79 Å². The van der Waals surface area contributed by atoms with Crippen LogP contribution in [-0.4, -0.2) is 68.5 Å². The number of rotatable bonds is 7. The van der Waals surface area contributed by atoms with Gasteiger partial charge in [-0.15, -0.1) is 0 Å². The van der Waals surface area contributed by atoms with E-state index in [9.17, 15) is 29.7 Å². The van der Waals surface area contributed by atoms with Crippen LogP contribution in [0.1, 0.15) is 46.5 Å².